The molecule has 0 bridgehead atoms. The van der Waals surface area contributed by atoms with Crippen molar-refractivity contribution in [2.45, 2.75) is 139 Å². The Morgan fingerprint density at radius 1 is 0.486 bits per heavy atom. The topological polar surface area (TPSA) is 109 Å². The maximum Gasteiger partial charge on any atom is 0.247 e. The molecule has 5 aromatic carbocycles. The molecule has 6 aliphatic rings. The van der Waals surface area contributed by atoms with Crippen molar-refractivity contribution in [2.24, 2.45) is 11.8 Å². The number of halogens is 1. The highest BCUT2D eigenvalue weighted by Crippen LogP contribution is 2.45. The number of hydrogen-bond donors (Lipinski definition) is 2. The minimum Gasteiger partial charge on any atom is -0.363 e. The summed E-state index contributed by atoms with van der Waals surface area (Å²) >= 11 is 0. The van der Waals surface area contributed by atoms with Crippen molar-refractivity contribution in [1.29, 1.82) is 0 Å². The van der Waals surface area contributed by atoms with Crippen LogP contribution in [-0.2, 0) is 32.3 Å². The van der Waals surface area contributed by atoms with Crippen LogP contribution in [0.2, 0.25) is 0 Å². The van der Waals surface area contributed by atoms with Crippen LogP contribution in [0, 0.1) is 17.7 Å². The minimum absolute atomic E-state index is 0.0506. The van der Waals surface area contributed by atoms with Gasteiger partial charge in [0.05, 0.1) is 0 Å². The van der Waals surface area contributed by atoms with E-state index in [0.29, 0.717) is 49.1 Å². The van der Waals surface area contributed by atoms with Gasteiger partial charge in [-0.15, -0.1) is 0 Å². The van der Waals surface area contributed by atoms with Gasteiger partial charge in [0, 0.05) is 42.2 Å². The van der Waals surface area contributed by atoms with Crippen LogP contribution in [0.1, 0.15) is 124 Å². The van der Waals surface area contributed by atoms with Gasteiger partial charge >= 0.3 is 0 Å². The fourth-order valence-electron chi connectivity index (χ4n) is 13.8. The van der Waals surface area contributed by atoms with E-state index < -0.39 is 24.2 Å². The Morgan fingerprint density at radius 3 is 1.30 bits per heavy atom. The van der Waals surface area contributed by atoms with Gasteiger partial charge < -0.3 is 25.3 Å². The summed E-state index contributed by atoms with van der Waals surface area (Å²) in [6.07, 6.45) is 14.1. The summed E-state index contributed by atoms with van der Waals surface area (Å²) in [5.74, 6) is 0.161. The molecule has 0 radical (unpaired) electrons. The van der Waals surface area contributed by atoms with E-state index >= 15 is 0 Å². The van der Waals surface area contributed by atoms with E-state index in [9.17, 15) is 23.6 Å². The maximum atomic E-state index is 14.9. The monoisotopic (exact) mass is 998 g/mol. The molecule has 2 aliphatic carbocycles. The summed E-state index contributed by atoms with van der Waals surface area (Å²) < 4.78 is 14.3. The number of carbonyl (C=O) groups is 4. The summed E-state index contributed by atoms with van der Waals surface area (Å²) in [5.41, 5.74) is 6.21. The number of carbonyl (C=O) groups excluding carboxylic acids is 4. The first kappa shape index (κ1) is 49.8. The summed E-state index contributed by atoms with van der Waals surface area (Å²) in [7, 11) is 0. The third-order valence-electron chi connectivity index (χ3n) is 17.4. The number of rotatable bonds is 15. The van der Waals surface area contributed by atoms with Gasteiger partial charge in [-0.25, -0.2) is 4.39 Å². The van der Waals surface area contributed by atoms with Gasteiger partial charge in [0.1, 0.15) is 30.0 Å². The van der Waals surface area contributed by atoms with Crippen molar-refractivity contribution in [2.75, 3.05) is 41.7 Å². The van der Waals surface area contributed by atoms with Crippen molar-refractivity contribution in [3.8, 4) is 0 Å². The molecule has 2 N–H and O–H groups in total. The molecule has 8 atom stereocenters. The summed E-state index contributed by atoms with van der Waals surface area (Å²) in [4.78, 5) is 69.2. The molecular formula is C62H72FN7O4. The second kappa shape index (κ2) is 22.6. The van der Waals surface area contributed by atoms with Crippen LogP contribution in [0.5, 0.6) is 0 Å². The van der Waals surface area contributed by atoms with Gasteiger partial charge in [0.15, 0.2) is 0 Å². The first-order valence-corrected chi connectivity index (χ1v) is 27.8. The van der Waals surface area contributed by atoms with E-state index in [1.54, 1.807) is 12.1 Å². The molecule has 11 rings (SSSR count). The third-order valence-corrected chi connectivity index (χ3v) is 17.4. The molecule has 6 fully saturated rings. The Bertz CT molecular complexity index is 2550. The fourth-order valence-corrected chi connectivity index (χ4v) is 13.8. The first-order valence-electron chi connectivity index (χ1n) is 27.8. The van der Waals surface area contributed by atoms with Crippen LogP contribution in [0.3, 0.4) is 0 Å². The van der Waals surface area contributed by atoms with Gasteiger partial charge in [-0.2, -0.15) is 0 Å². The van der Waals surface area contributed by atoms with Gasteiger partial charge in [0.2, 0.25) is 23.6 Å². The molecular weight excluding hydrogens is 926 g/mol. The smallest absolute Gasteiger partial charge is 0.247 e. The molecule has 386 valence electrons. The van der Waals surface area contributed by atoms with Crippen LogP contribution in [0.25, 0.3) is 0 Å². The number of nitrogens with zero attached hydrogens (tertiary/aromatic N) is 5. The van der Waals surface area contributed by atoms with Crippen LogP contribution in [0.15, 0.2) is 133 Å². The predicted molar refractivity (Wildman–Crippen MR) is 288 cm³/mol. The standard InChI is InChI=1S/C62H72FN7O4/c63-49-27-33-52(34-28-49)68(41-43-23-29-50(30-24-43)64-59(71)55-39-47-19-13-21-53(47)69(55)61(73)57(45-15-5-1-6-16-45)66-35-9-3-10-36-66)42-44-25-31-51(32-26-44)65-60(72)56-40-48-20-14-22-54(48)70(56)62(74)58(46-17-7-2-8-18-46)67-37-11-4-12-38-67/h1-2,5-8,15-18,23-34,47-48,53-58H,3-4,9-14,19-22,35-42H2,(H,64,71)(H,65,72). The van der Waals surface area contributed by atoms with Gasteiger partial charge in [0.25, 0.3) is 0 Å². The molecule has 0 aromatic heterocycles. The quantitative estimate of drug-likeness (QED) is 0.108. The highest BCUT2D eigenvalue weighted by atomic mass is 19.1. The normalized spacial score (nSPS) is 24.7. The summed E-state index contributed by atoms with van der Waals surface area (Å²) in [5, 5.41) is 6.40. The molecule has 4 saturated heterocycles. The van der Waals surface area contributed by atoms with Gasteiger partial charge in [-0.1, -0.05) is 111 Å². The number of anilines is 3. The molecule has 74 heavy (non-hydrogen) atoms. The molecule has 0 spiro atoms. The highest BCUT2D eigenvalue weighted by Gasteiger charge is 2.52. The second-order valence-electron chi connectivity index (χ2n) is 22.0. The zero-order chi connectivity index (χ0) is 50.5. The number of fused-ring (bicyclic) bond motifs is 2. The average Bonchev–Trinajstić information content (AvgIpc) is 4.24. The number of amides is 4. The van der Waals surface area contributed by atoms with Crippen molar-refractivity contribution < 1.29 is 23.6 Å². The predicted octanol–water partition coefficient (Wildman–Crippen LogP) is 10.9. The number of likely N-dealkylation sites (tertiary alicyclic amines) is 4. The number of benzene rings is 5. The molecule has 12 heteroatoms. The van der Waals surface area contributed by atoms with Crippen LogP contribution < -0.4 is 15.5 Å². The van der Waals surface area contributed by atoms with Gasteiger partial charge in [-0.3, -0.25) is 29.0 Å². The zero-order valence-corrected chi connectivity index (χ0v) is 42.7. The van der Waals surface area contributed by atoms with Crippen molar-refractivity contribution in [1.82, 2.24) is 19.6 Å². The van der Waals surface area contributed by atoms with Crippen molar-refractivity contribution in [3.63, 3.8) is 0 Å². The summed E-state index contributed by atoms with van der Waals surface area (Å²) in [6.45, 7) is 4.53. The average molecular weight is 998 g/mol. The molecule has 4 heterocycles. The molecule has 4 amide bonds. The fraction of sp³-hybridized carbons (Fsp3) is 0.452. The van der Waals surface area contributed by atoms with E-state index in [-0.39, 0.29) is 41.5 Å². The Labute approximate surface area is 436 Å². The molecule has 2 saturated carbocycles. The van der Waals surface area contributed by atoms with E-state index in [1.807, 2.05) is 94.7 Å². The van der Waals surface area contributed by atoms with Gasteiger partial charge in [-0.05, 0) is 173 Å². The Morgan fingerprint density at radius 2 is 0.892 bits per heavy atom. The lowest BCUT2D eigenvalue weighted by molar-refractivity contribution is -0.144. The minimum atomic E-state index is -0.537. The van der Waals surface area contributed by atoms with Crippen LogP contribution in [-0.4, -0.2) is 93.6 Å². The van der Waals surface area contributed by atoms with E-state index in [2.05, 4.69) is 49.6 Å². The zero-order valence-electron chi connectivity index (χ0n) is 42.7. The van der Waals surface area contributed by atoms with E-state index in [1.165, 1.54) is 25.0 Å². The van der Waals surface area contributed by atoms with E-state index in [0.717, 1.165) is 118 Å². The first-order chi connectivity index (χ1) is 36.3. The lowest BCUT2D eigenvalue weighted by Gasteiger charge is -2.39. The number of piperidine rings is 2. The van der Waals surface area contributed by atoms with Crippen molar-refractivity contribution >= 4 is 40.7 Å². The van der Waals surface area contributed by atoms with E-state index in [4.69, 9.17) is 0 Å². The molecule has 4 aliphatic heterocycles. The number of nitrogens with one attached hydrogen (secondary N) is 2. The highest BCUT2D eigenvalue weighted by molar-refractivity contribution is 5.99. The maximum absolute atomic E-state index is 14.9. The van der Waals surface area contributed by atoms with Crippen LogP contribution in [0.4, 0.5) is 21.5 Å². The lowest BCUT2D eigenvalue weighted by Crippen LogP contribution is -2.52. The van der Waals surface area contributed by atoms with Crippen LogP contribution >= 0.6 is 0 Å². The lowest BCUT2D eigenvalue weighted by atomic mass is 9.99. The largest absolute Gasteiger partial charge is 0.363 e. The molecule has 8 unspecified atom stereocenters. The Hall–Kier alpha value is -6.37. The Balaban J connectivity index is 0.758. The van der Waals surface area contributed by atoms with Crippen molar-refractivity contribution in [3.05, 3.63) is 162 Å². The summed E-state index contributed by atoms with van der Waals surface area (Å²) in [6, 6.07) is 40.8. The molecule has 5 aromatic rings. The SMILES string of the molecule is O=C(Nc1ccc(CN(Cc2ccc(NC(=O)C3CC4CCCC4N3C(=O)C(c3ccccc3)N3CCCCC3)cc2)c2ccc(F)cc2)cc1)C1CC2CCCC2N1C(=O)C(c1ccccc1)N1CCCCC1. The second-order valence-corrected chi connectivity index (χ2v) is 22.0. The third kappa shape index (κ3) is 10.8. The molecule has 11 nitrogen and oxygen atoms in total. The Kier molecular flexibility index (Phi) is 15.2. The number of hydrogen-bond acceptors (Lipinski definition) is 7.